The van der Waals surface area contributed by atoms with E-state index in [0.717, 1.165) is 35.6 Å². The molecule has 0 aromatic heterocycles. The van der Waals surface area contributed by atoms with Gasteiger partial charge in [-0.3, -0.25) is 0 Å². The summed E-state index contributed by atoms with van der Waals surface area (Å²) < 4.78 is 0. The number of amidine groups is 1. The Balaban J connectivity index is 2.27. The summed E-state index contributed by atoms with van der Waals surface area (Å²) in [6.07, 6.45) is 3.57. The molecule has 0 N–H and O–H groups in total. The van der Waals surface area contributed by atoms with Crippen LogP contribution in [0.15, 0.2) is 44.0 Å². The maximum Gasteiger partial charge on any atom is 0.163 e. The first-order valence-corrected chi connectivity index (χ1v) is 7.42. The minimum absolute atomic E-state index is 0.394. The van der Waals surface area contributed by atoms with Crippen LogP contribution in [0, 0.1) is 6.92 Å². The molecule has 1 aromatic rings. The normalized spacial score (nSPS) is 17.0. The Morgan fingerprint density at radius 2 is 2.05 bits per heavy atom. The molecule has 0 spiro atoms. The number of aliphatic imine (C=N–C) groups is 3. The van der Waals surface area contributed by atoms with Gasteiger partial charge in [-0.15, -0.1) is 0 Å². The molecule has 0 saturated heterocycles. The van der Waals surface area contributed by atoms with E-state index < -0.39 is 0 Å². The number of nitrogens with zero attached hydrogens (tertiary/aromatic N) is 4. The molecule has 4 nitrogen and oxygen atoms in total. The van der Waals surface area contributed by atoms with Gasteiger partial charge in [-0.2, -0.15) is 0 Å². The van der Waals surface area contributed by atoms with Crippen molar-refractivity contribution in [1.82, 2.24) is 4.90 Å². The summed E-state index contributed by atoms with van der Waals surface area (Å²) in [7, 11) is 1.90. The largest absolute Gasteiger partial charge is 0.318 e. The smallest absolute Gasteiger partial charge is 0.163 e. The third-order valence-corrected chi connectivity index (χ3v) is 3.79. The molecule has 3 rings (SSSR count). The lowest BCUT2D eigenvalue weighted by Gasteiger charge is -2.19. The van der Waals surface area contributed by atoms with Crippen molar-refractivity contribution >= 4 is 35.2 Å². The molecule has 2 aliphatic heterocycles. The quantitative estimate of drug-likeness (QED) is 0.761. The molecule has 5 heteroatoms. The van der Waals surface area contributed by atoms with Crippen molar-refractivity contribution in [2.45, 2.75) is 26.7 Å². The van der Waals surface area contributed by atoms with Crippen molar-refractivity contribution in [2.75, 3.05) is 7.05 Å². The number of hydrogen-bond donors (Lipinski definition) is 0. The molecule has 0 bridgehead atoms. The number of rotatable bonds is 2. The van der Waals surface area contributed by atoms with Crippen molar-refractivity contribution in [1.29, 1.82) is 0 Å². The molecule has 0 saturated carbocycles. The van der Waals surface area contributed by atoms with Gasteiger partial charge >= 0.3 is 0 Å². The van der Waals surface area contributed by atoms with E-state index in [0.29, 0.717) is 10.9 Å². The first-order chi connectivity index (χ1) is 10.1. The second kappa shape index (κ2) is 5.45. The lowest BCUT2D eigenvalue weighted by Crippen LogP contribution is -2.29. The number of hydrogen-bond acceptors (Lipinski definition) is 4. The summed E-state index contributed by atoms with van der Waals surface area (Å²) in [6.45, 7) is 4.22. The highest BCUT2D eigenvalue weighted by Crippen LogP contribution is 2.31. The molecule has 0 atom stereocenters. The Morgan fingerprint density at radius 3 is 2.81 bits per heavy atom. The molecule has 0 unspecified atom stereocenters. The standard InChI is InChI=1S/C16H17ClN4/c1-4-5-12-11-8-10(2)6-7-13(11)20-16-14(19-12)15(17)18-9-21(16)3/h6-9H,4-5H2,1-3H3. The number of benzene rings is 1. The van der Waals surface area contributed by atoms with Gasteiger partial charge in [-0.05, 0) is 25.5 Å². The van der Waals surface area contributed by atoms with E-state index in [4.69, 9.17) is 21.6 Å². The minimum atomic E-state index is 0.394. The SMILES string of the molecule is CCCC1=NC2=C(Cl)N=CN(C)C2=Nc2ccc(C)cc21. The monoisotopic (exact) mass is 300 g/mol. The van der Waals surface area contributed by atoms with Gasteiger partial charge in [0.15, 0.2) is 11.0 Å². The zero-order chi connectivity index (χ0) is 15.0. The Morgan fingerprint density at radius 1 is 1.24 bits per heavy atom. The number of aryl methyl sites for hydroxylation is 1. The van der Waals surface area contributed by atoms with Crippen LogP contribution in [0.4, 0.5) is 5.69 Å². The Bertz CT molecular complexity index is 713. The first kappa shape index (κ1) is 14.0. The van der Waals surface area contributed by atoms with E-state index in [-0.39, 0.29) is 0 Å². The van der Waals surface area contributed by atoms with Crippen molar-refractivity contribution in [2.24, 2.45) is 15.0 Å². The third-order valence-electron chi connectivity index (χ3n) is 3.51. The fourth-order valence-electron chi connectivity index (χ4n) is 2.46. The molecule has 0 aliphatic carbocycles. The van der Waals surface area contributed by atoms with Gasteiger partial charge < -0.3 is 4.90 Å². The Hall–Kier alpha value is -1.94. The maximum absolute atomic E-state index is 6.23. The molecular formula is C16H17ClN4. The predicted octanol–water partition coefficient (Wildman–Crippen LogP) is 4.01. The summed E-state index contributed by atoms with van der Waals surface area (Å²) >= 11 is 6.23. The van der Waals surface area contributed by atoms with Crippen molar-refractivity contribution < 1.29 is 0 Å². The minimum Gasteiger partial charge on any atom is -0.318 e. The third kappa shape index (κ3) is 2.51. The molecule has 2 aliphatic rings. The highest BCUT2D eigenvalue weighted by atomic mass is 35.5. The molecular weight excluding hydrogens is 284 g/mol. The van der Waals surface area contributed by atoms with E-state index >= 15 is 0 Å². The van der Waals surface area contributed by atoms with Crippen LogP contribution in [0.5, 0.6) is 0 Å². The van der Waals surface area contributed by atoms with Gasteiger partial charge in [0.1, 0.15) is 5.70 Å². The number of fused-ring (bicyclic) bond motifs is 2. The summed E-state index contributed by atoms with van der Waals surface area (Å²) in [5.74, 6) is 0.742. The summed E-state index contributed by atoms with van der Waals surface area (Å²) in [6, 6.07) is 6.25. The highest BCUT2D eigenvalue weighted by molar-refractivity contribution is 6.34. The highest BCUT2D eigenvalue weighted by Gasteiger charge is 2.24. The molecule has 0 fully saturated rings. The first-order valence-electron chi connectivity index (χ1n) is 7.04. The van der Waals surface area contributed by atoms with Gasteiger partial charge in [-0.25, -0.2) is 15.0 Å². The van der Waals surface area contributed by atoms with E-state index in [1.54, 1.807) is 6.34 Å². The van der Waals surface area contributed by atoms with Crippen LogP contribution < -0.4 is 0 Å². The van der Waals surface area contributed by atoms with Crippen LogP contribution in [0.3, 0.4) is 0 Å². The summed E-state index contributed by atoms with van der Waals surface area (Å²) in [5.41, 5.74) is 4.90. The van der Waals surface area contributed by atoms with Crippen LogP contribution in [0.1, 0.15) is 30.9 Å². The van der Waals surface area contributed by atoms with Gasteiger partial charge in [0, 0.05) is 12.6 Å². The lowest BCUT2D eigenvalue weighted by molar-refractivity contribution is 0.763. The van der Waals surface area contributed by atoms with Crippen molar-refractivity contribution in [3.05, 3.63) is 40.2 Å². The molecule has 2 heterocycles. The average molecular weight is 301 g/mol. The van der Waals surface area contributed by atoms with E-state index in [1.165, 1.54) is 5.56 Å². The molecule has 1 aromatic carbocycles. The number of likely N-dealkylation sites (N-methyl/N-ethyl adjacent to an activating group) is 1. The molecule has 108 valence electrons. The van der Waals surface area contributed by atoms with Crippen LogP contribution in [-0.2, 0) is 0 Å². The number of halogens is 1. The van der Waals surface area contributed by atoms with Crippen LogP contribution >= 0.6 is 11.6 Å². The summed E-state index contributed by atoms with van der Waals surface area (Å²) in [4.78, 5) is 15.6. The van der Waals surface area contributed by atoms with Crippen LogP contribution in [0.2, 0.25) is 0 Å². The van der Waals surface area contributed by atoms with Crippen molar-refractivity contribution in [3.63, 3.8) is 0 Å². The van der Waals surface area contributed by atoms with Crippen LogP contribution in [0.25, 0.3) is 0 Å². The maximum atomic E-state index is 6.23. The molecule has 0 radical (unpaired) electrons. The van der Waals surface area contributed by atoms with Gasteiger partial charge in [0.05, 0.1) is 17.7 Å². The van der Waals surface area contributed by atoms with Gasteiger partial charge in [-0.1, -0.05) is 36.6 Å². The second-order valence-corrected chi connectivity index (χ2v) is 5.62. The van der Waals surface area contributed by atoms with Crippen molar-refractivity contribution in [3.8, 4) is 0 Å². The second-order valence-electron chi connectivity index (χ2n) is 5.26. The summed E-state index contributed by atoms with van der Waals surface area (Å²) in [5, 5.41) is 0.394. The predicted molar refractivity (Wildman–Crippen MR) is 88.9 cm³/mol. The topological polar surface area (TPSA) is 40.3 Å². The Kier molecular flexibility index (Phi) is 3.64. The van der Waals surface area contributed by atoms with Gasteiger partial charge in [0.2, 0.25) is 0 Å². The van der Waals surface area contributed by atoms with Crippen LogP contribution in [-0.4, -0.2) is 29.8 Å². The zero-order valence-corrected chi connectivity index (χ0v) is 13.1. The zero-order valence-electron chi connectivity index (χ0n) is 12.4. The van der Waals surface area contributed by atoms with E-state index in [1.807, 2.05) is 18.0 Å². The van der Waals surface area contributed by atoms with Gasteiger partial charge in [0.25, 0.3) is 0 Å². The Labute approximate surface area is 129 Å². The molecule has 0 amide bonds. The fraction of sp³-hybridized carbons (Fsp3) is 0.312. The van der Waals surface area contributed by atoms with E-state index in [2.05, 4.69) is 31.0 Å². The lowest BCUT2D eigenvalue weighted by atomic mass is 10.0. The fourth-order valence-corrected chi connectivity index (χ4v) is 2.63. The van der Waals surface area contributed by atoms with E-state index in [9.17, 15) is 0 Å². The molecule has 21 heavy (non-hydrogen) atoms. The average Bonchev–Trinajstić information content (AvgIpc) is 2.62.